The summed E-state index contributed by atoms with van der Waals surface area (Å²) in [5.74, 6) is 1.09. The van der Waals surface area contributed by atoms with E-state index in [1.807, 2.05) is 61.3 Å². The molecule has 2 N–H and O–H groups in total. The Hall–Kier alpha value is -6.60. The first-order valence-corrected chi connectivity index (χ1v) is 22.7. The van der Waals surface area contributed by atoms with Crippen molar-refractivity contribution in [3.63, 3.8) is 0 Å². The van der Waals surface area contributed by atoms with Crippen molar-refractivity contribution in [3.8, 4) is 28.6 Å². The van der Waals surface area contributed by atoms with Crippen LogP contribution in [-0.4, -0.2) is 94.3 Å². The van der Waals surface area contributed by atoms with Gasteiger partial charge in [-0.2, -0.15) is 15.5 Å². The van der Waals surface area contributed by atoms with E-state index in [9.17, 15) is 14.9 Å². The monoisotopic (exact) mass is 861 g/mol. The molecule has 1 atom stereocenters. The molecule has 0 spiro atoms. The van der Waals surface area contributed by atoms with Gasteiger partial charge < -0.3 is 15.1 Å². The van der Waals surface area contributed by atoms with Gasteiger partial charge in [-0.25, -0.2) is 28.8 Å². The molecule has 1 aromatic carbocycles. The van der Waals surface area contributed by atoms with Gasteiger partial charge in [0, 0.05) is 72.6 Å². The van der Waals surface area contributed by atoms with Crippen LogP contribution in [0.15, 0.2) is 79.8 Å². The summed E-state index contributed by atoms with van der Waals surface area (Å²) < 4.78 is 19.2. The maximum atomic E-state index is 15.4. The normalized spacial score (nSPS) is 22.0. The largest absolute Gasteiger partial charge is 0.374 e. The van der Waals surface area contributed by atoms with Crippen LogP contribution in [0.3, 0.4) is 0 Å². The second kappa shape index (κ2) is 17.5. The van der Waals surface area contributed by atoms with Gasteiger partial charge >= 0.3 is 0 Å². The third-order valence-corrected chi connectivity index (χ3v) is 14.4. The van der Waals surface area contributed by atoms with Crippen LogP contribution in [0.5, 0.6) is 0 Å². The lowest BCUT2D eigenvalue weighted by Gasteiger charge is -2.41. The molecule has 3 saturated heterocycles. The van der Waals surface area contributed by atoms with Gasteiger partial charge in [-0.05, 0) is 119 Å². The number of hydrogen-bond acceptors (Lipinski definition) is 12. The lowest BCUT2D eigenvalue weighted by atomic mass is 9.75. The lowest BCUT2D eigenvalue weighted by Crippen LogP contribution is -2.47. The number of amides is 2. The van der Waals surface area contributed by atoms with Crippen molar-refractivity contribution in [2.75, 3.05) is 36.4 Å². The quantitative estimate of drug-likeness (QED) is 0.135. The second-order valence-electron chi connectivity index (χ2n) is 17.9. The summed E-state index contributed by atoms with van der Waals surface area (Å²) >= 11 is 0. The van der Waals surface area contributed by atoms with Gasteiger partial charge in [0.15, 0.2) is 0 Å². The fourth-order valence-electron chi connectivity index (χ4n) is 10.5. The smallest absolute Gasteiger partial charge is 0.249 e. The molecule has 4 fully saturated rings. The summed E-state index contributed by atoms with van der Waals surface area (Å²) in [6.45, 7) is 5.80. The second-order valence-corrected chi connectivity index (χ2v) is 17.9. The van der Waals surface area contributed by atoms with E-state index >= 15 is 4.39 Å². The predicted octanol–water partition coefficient (Wildman–Crippen LogP) is 6.98. The number of halogens is 1. The molecule has 3 aliphatic heterocycles. The van der Waals surface area contributed by atoms with E-state index in [4.69, 9.17) is 15.1 Å². The van der Waals surface area contributed by atoms with Crippen LogP contribution in [0.1, 0.15) is 106 Å². The number of nitrogens with one attached hydrogen (secondary N) is 2. The maximum Gasteiger partial charge on any atom is 0.249 e. The van der Waals surface area contributed by atoms with E-state index in [0.29, 0.717) is 40.6 Å². The number of carbonyl (C=O) groups is 2. The number of hydrogen-bond donors (Lipinski definition) is 2. The number of nitriles is 1. The van der Waals surface area contributed by atoms with Crippen LogP contribution in [0.2, 0.25) is 0 Å². The Morgan fingerprint density at radius 1 is 0.875 bits per heavy atom. The topological polar surface area (TPSA) is 175 Å². The fraction of sp³-hybridized carbons (Fsp3) is 0.438. The van der Waals surface area contributed by atoms with Gasteiger partial charge in [0.2, 0.25) is 11.8 Å². The van der Waals surface area contributed by atoms with Gasteiger partial charge in [-0.15, -0.1) is 0 Å². The van der Waals surface area contributed by atoms with E-state index in [0.717, 1.165) is 112 Å². The number of likely N-dealkylation sites (tertiary alicyclic amines) is 1. The highest BCUT2D eigenvalue weighted by atomic mass is 19.1. The van der Waals surface area contributed by atoms with Crippen LogP contribution in [0.4, 0.5) is 15.9 Å². The number of benzene rings is 1. The molecule has 328 valence electrons. The minimum atomic E-state index is -0.544. The van der Waals surface area contributed by atoms with Crippen molar-refractivity contribution in [1.29, 1.82) is 5.26 Å². The zero-order valence-corrected chi connectivity index (χ0v) is 36.0. The zero-order valence-electron chi connectivity index (χ0n) is 36.0. The van der Waals surface area contributed by atoms with Crippen molar-refractivity contribution in [1.82, 2.24) is 49.5 Å². The Morgan fingerprint density at radius 3 is 2.36 bits per heavy atom. The summed E-state index contributed by atoms with van der Waals surface area (Å²) in [6, 6.07) is 13.6. The summed E-state index contributed by atoms with van der Waals surface area (Å²) in [4.78, 5) is 47.9. The lowest BCUT2D eigenvalue weighted by molar-refractivity contribution is -0.133. The number of piperidine rings is 3. The highest BCUT2D eigenvalue weighted by Gasteiger charge is 2.38. The molecule has 2 amide bonds. The Morgan fingerprint density at radius 2 is 1.66 bits per heavy atom. The summed E-state index contributed by atoms with van der Waals surface area (Å²) in [5, 5.41) is 24.8. The first kappa shape index (κ1) is 41.4. The van der Waals surface area contributed by atoms with Crippen LogP contribution in [-0.2, 0) is 15.0 Å². The van der Waals surface area contributed by atoms with E-state index in [1.54, 1.807) is 10.7 Å². The Bertz CT molecular complexity index is 2690. The highest BCUT2D eigenvalue weighted by Crippen LogP contribution is 2.39. The van der Waals surface area contributed by atoms with Gasteiger partial charge in [-0.1, -0.05) is 13.0 Å². The highest BCUT2D eigenvalue weighted by molar-refractivity contribution is 6.01. The molecule has 64 heavy (non-hydrogen) atoms. The van der Waals surface area contributed by atoms with E-state index in [1.165, 1.54) is 6.07 Å². The minimum Gasteiger partial charge on any atom is -0.374 e. The standard InChI is InChI=1S/C48H52FN13O2/c1-2-48(47-51-18-3-19-52-47)16-22-60(23-17-48)42-12-4-32(26-53-42)44-45-33(25-50)27-55-62(45)30-41(57-44)34-28-54-61(29-34)37-8-6-36(7-9-37)59-20-14-31(15-21-59)38-10-5-35(24-39(38)49)56-40-11-13-43(63)58-46(40)64/h3-5,10,12,18-19,24,26-31,36-37,40,56H,2,6-9,11,13-17,20-23H2,1H3,(H,58,63,64)/t36-,37-,40-/m0/s1. The first-order chi connectivity index (χ1) is 31.3. The Labute approximate surface area is 371 Å². The molecule has 4 aliphatic rings. The van der Waals surface area contributed by atoms with Crippen molar-refractivity contribution >= 4 is 28.8 Å². The van der Waals surface area contributed by atoms with Gasteiger partial charge in [-0.3, -0.25) is 19.6 Å². The Kier molecular flexibility index (Phi) is 11.3. The van der Waals surface area contributed by atoms with Crippen LogP contribution in [0.25, 0.3) is 28.0 Å². The molecular formula is C48H52FN13O2. The number of rotatable bonds is 10. The number of fused-ring (bicyclic) bond motifs is 1. The Balaban J connectivity index is 0.765. The van der Waals surface area contributed by atoms with Crippen molar-refractivity contribution in [2.24, 2.45) is 0 Å². The zero-order chi connectivity index (χ0) is 43.8. The molecule has 0 unspecified atom stereocenters. The summed E-state index contributed by atoms with van der Waals surface area (Å²) in [6.07, 6.45) is 22.4. The first-order valence-electron chi connectivity index (χ1n) is 22.7. The molecule has 0 bridgehead atoms. The number of imide groups is 1. The van der Waals surface area contributed by atoms with Gasteiger partial charge in [0.1, 0.15) is 40.7 Å². The van der Waals surface area contributed by atoms with Crippen molar-refractivity contribution < 1.29 is 14.0 Å². The van der Waals surface area contributed by atoms with Gasteiger partial charge in [0.25, 0.3) is 0 Å². The van der Waals surface area contributed by atoms with Crippen molar-refractivity contribution in [3.05, 3.63) is 103 Å². The average Bonchev–Trinajstić information content (AvgIpc) is 4.01. The number of pyridine rings is 1. The number of carbonyl (C=O) groups excluding carboxylic acids is 2. The van der Waals surface area contributed by atoms with Crippen LogP contribution < -0.4 is 15.5 Å². The molecule has 16 heteroatoms. The molecule has 5 aromatic heterocycles. The number of nitrogens with zero attached hydrogens (tertiary/aromatic N) is 11. The molecular weight excluding hydrogens is 810 g/mol. The molecule has 0 radical (unpaired) electrons. The van der Waals surface area contributed by atoms with Crippen LogP contribution in [0, 0.1) is 17.1 Å². The maximum absolute atomic E-state index is 15.4. The predicted molar refractivity (Wildman–Crippen MR) is 239 cm³/mol. The molecule has 10 rings (SSSR count). The third-order valence-electron chi connectivity index (χ3n) is 14.4. The summed E-state index contributed by atoms with van der Waals surface area (Å²) in [7, 11) is 0. The SMILES string of the molecule is CCC1(c2ncccn2)CCN(c2ccc(-c3nc(-c4cnn([C@H]5CC[C@H](N6CCC(c7ccc(N[C@H]8CCC(=O)NC8=O)cc7F)CC6)CC5)c4)cn4ncc(C#N)c34)cn2)CC1. The average molecular weight is 862 g/mol. The number of anilines is 2. The van der Waals surface area contributed by atoms with E-state index in [2.05, 4.69) is 59.4 Å². The van der Waals surface area contributed by atoms with E-state index < -0.39 is 6.04 Å². The molecule has 15 nitrogen and oxygen atoms in total. The third kappa shape index (κ3) is 8.09. The number of aromatic nitrogens is 8. The minimum absolute atomic E-state index is 0.0294. The van der Waals surface area contributed by atoms with E-state index in [-0.39, 0.29) is 41.4 Å². The molecule has 6 aromatic rings. The van der Waals surface area contributed by atoms with Crippen molar-refractivity contribution in [2.45, 2.75) is 107 Å². The summed E-state index contributed by atoms with van der Waals surface area (Å²) in [5.41, 5.74) is 5.40. The van der Waals surface area contributed by atoms with Crippen LogP contribution >= 0.6 is 0 Å². The fourth-order valence-corrected chi connectivity index (χ4v) is 10.5. The molecule has 1 aliphatic carbocycles. The van der Waals surface area contributed by atoms with Gasteiger partial charge in [0.05, 0.1) is 36.0 Å². The molecule has 8 heterocycles. The molecule has 1 saturated carbocycles.